The van der Waals surface area contributed by atoms with Crippen molar-refractivity contribution < 1.29 is 4.79 Å². The molecule has 2 heterocycles. The van der Waals surface area contributed by atoms with Gasteiger partial charge in [-0.15, -0.1) is 0 Å². The van der Waals surface area contributed by atoms with Gasteiger partial charge >= 0.3 is 0 Å². The molecule has 0 aliphatic carbocycles. The van der Waals surface area contributed by atoms with E-state index in [1.165, 1.54) is 11.8 Å². The molecular weight excluding hydrogens is 342 g/mol. The number of amides is 1. The molecular formula is C20H27N5O2. The lowest BCUT2D eigenvalue weighted by molar-refractivity contribution is -0.124. The summed E-state index contributed by atoms with van der Waals surface area (Å²) in [7, 11) is 0. The Kier molecular flexibility index (Phi) is 6.46. The number of hydrogen-bond donors (Lipinski definition) is 2. The Morgan fingerprint density at radius 2 is 2.19 bits per heavy atom. The normalized spacial score (nSPS) is 16.3. The average Bonchev–Trinajstić information content (AvgIpc) is 3.19. The molecule has 0 saturated carbocycles. The maximum atomic E-state index is 12.4. The van der Waals surface area contributed by atoms with E-state index in [4.69, 9.17) is 0 Å². The van der Waals surface area contributed by atoms with Gasteiger partial charge in [-0.3, -0.25) is 9.59 Å². The molecule has 7 heteroatoms. The minimum absolute atomic E-state index is 0.0410. The predicted molar refractivity (Wildman–Crippen MR) is 107 cm³/mol. The van der Waals surface area contributed by atoms with Crippen LogP contribution in [0.2, 0.25) is 0 Å². The van der Waals surface area contributed by atoms with Crippen LogP contribution in [0.1, 0.15) is 19.8 Å². The van der Waals surface area contributed by atoms with E-state index in [1.807, 2.05) is 23.1 Å². The van der Waals surface area contributed by atoms with Crippen LogP contribution >= 0.6 is 0 Å². The zero-order valence-electron chi connectivity index (χ0n) is 15.7. The first-order valence-corrected chi connectivity index (χ1v) is 9.54. The fraction of sp³-hybridized carbons (Fsp3) is 0.450. The van der Waals surface area contributed by atoms with Crippen molar-refractivity contribution in [3.63, 3.8) is 0 Å². The number of carbonyl (C=O) groups excluding carboxylic acids is 1. The molecule has 0 bridgehead atoms. The third-order valence-electron chi connectivity index (χ3n) is 4.98. The zero-order chi connectivity index (χ0) is 19.1. The van der Waals surface area contributed by atoms with Crippen LogP contribution in [0.25, 0.3) is 0 Å². The summed E-state index contributed by atoms with van der Waals surface area (Å²) in [5, 5.41) is 9.26. The second-order valence-electron chi connectivity index (χ2n) is 6.79. The number of anilines is 2. The summed E-state index contributed by atoms with van der Waals surface area (Å²) >= 11 is 0. The predicted octanol–water partition coefficient (Wildman–Crippen LogP) is 1.63. The first-order valence-electron chi connectivity index (χ1n) is 9.54. The molecule has 1 aliphatic heterocycles. The van der Waals surface area contributed by atoms with Crippen LogP contribution in [0.15, 0.2) is 47.4 Å². The van der Waals surface area contributed by atoms with E-state index in [2.05, 4.69) is 39.5 Å². The molecule has 1 aromatic heterocycles. The van der Waals surface area contributed by atoms with Gasteiger partial charge in [-0.1, -0.05) is 18.2 Å². The number of benzene rings is 1. The molecule has 2 aromatic rings. The summed E-state index contributed by atoms with van der Waals surface area (Å²) < 4.78 is 0. The van der Waals surface area contributed by atoms with Gasteiger partial charge in [-0.2, -0.15) is 5.10 Å². The van der Waals surface area contributed by atoms with Gasteiger partial charge in [0, 0.05) is 44.5 Å². The summed E-state index contributed by atoms with van der Waals surface area (Å²) in [5.74, 6) is 0.0544. The smallest absolute Gasteiger partial charge is 0.266 e. The van der Waals surface area contributed by atoms with Gasteiger partial charge in [-0.05, 0) is 31.9 Å². The molecule has 7 nitrogen and oxygen atoms in total. The minimum Gasteiger partial charge on any atom is -0.372 e. The van der Waals surface area contributed by atoms with E-state index in [0.717, 1.165) is 38.2 Å². The molecule has 0 spiro atoms. The van der Waals surface area contributed by atoms with E-state index in [-0.39, 0.29) is 17.4 Å². The van der Waals surface area contributed by atoms with Gasteiger partial charge in [0.05, 0.1) is 17.8 Å². The SMILES string of the molecule is CCN(CCCNC(=O)C1CCN(c2cn[nH]c(=O)c2)C1)c1ccccc1. The maximum Gasteiger partial charge on any atom is 0.266 e. The van der Waals surface area contributed by atoms with Gasteiger partial charge in [0.2, 0.25) is 5.91 Å². The van der Waals surface area contributed by atoms with E-state index in [0.29, 0.717) is 13.1 Å². The number of rotatable bonds is 8. The highest BCUT2D eigenvalue weighted by molar-refractivity contribution is 5.80. The average molecular weight is 369 g/mol. The van der Waals surface area contributed by atoms with E-state index < -0.39 is 0 Å². The quantitative estimate of drug-likeness (QED) is 0.691. The van der Waals surface area contributed by atoms with Gasteiger partial charge in [0.25, 0.3) is 5.56 Å². The second kappa shape index (κ2) is 9.21. The Morgan fingerprint density at radius 1 is 1.37 bits per heavy atom. The molecule has 0 radical (unpaired) electrons. The van der Waals surface area contributed by atoms with Crippen LogP contribution in [-0.4, -0.2) is 48.8 Å². The molecule has 27 heavy (non-hydrogen) atoms. The second-order valence-corrected chi connectivity index (χ2v) is 6.79. The number of nitrogens with one attached hydrogen (secondary N) is 2. The van der Waals surface area contributed by atoms with Crippen molar-refractivity contribution >= 4 is 17.3 Å². The summed E-state index contributed by atoms with van der Waals surface area (Å²) in [6.07, 6.45) is 3.33. The Hall–Kier alpha value is -2.83. The highest BCUT2D eigenvalue weighted by atomic mass is 16.2. The lowest BCUT2D eigenvalue weighted by atomic mass is 10.1. The fourth-order valence-electron chi connectivity index (χ4n) is 3.48. The minimum atomic E-state index is -0.223. The Morgan fingerprint density at radius 3 is 2.93 bits per heavy atom. The number of aromatic amines is 1. The Bertz CT molecular complexity index is 792. The van der Waals surface area contributed by atoms with Crippen molar-refractivity contribution in [2.75, 3.05) is 42.5 Å². The van der Waals surface area contributed by atoms with Gasteiger partial charge in [0.15, 0.2) is 0 Å². The molecule has 1 saturated heterocycles. The topological polar surface area (TPSA) is 81.3 Å². The van der Waals surface area contributed by atoms with Crippen LogP contribution in [-0.2, 0) is 4.79 Å². The number of hydrogen-bond acceptors (Lipinski definition) is 5. The number of para-hydroxylation sites is 1. The fourth-order valence-corrected chi connectivity index (χ4v) is 3.48. The third-order valence-corrected chi connectivity index (χ3v) is 4.98. The Labute approximate surface area is 159 Å². The van der Waals surface area contributed by atoms with Gasteiger partial charge in [0.1, 0.15) is 0 Å². The van der Waals surface area contributed by atoms with Crippen molar-refractivity contribution in [2.45, 2.75) is 19.8 Å². The van der Waals surface area contributed by atoms with E-state index in [9.17, 15) is 9.59 Å². The highest BCUT2D eigenvalue weighted by Crippen LogP contribution is 2.22. The molecule has 1 aromatic carbocycles. The van der Waals surface area contributed by atoms with Crippen molar-refractivity contribution in [3.05, 3.63) is 52.9 Å². The summed E-state index contributed by atoms with van der Waals surface area (Å²) in [6, 6.07) is 11.8. The molecule has 1 atom stereocenters. The van der Waals surface area contributed by atoms with Crippen LogP contribution in [0.4, 0.5) is 11.4 Å². The number of H-pyrrole nitrogens is 1. The van der Waals surface area contributed by atoms with Crippen LogP contribution in [0.5, 0.6) is 0 Å². The van der Waals surface area contributed by atoms with Gasteiger partial charge in [-0.25, -0.2) is 5.10 Å². The largest absolute Gasteiger partial charge is 0.372 e. The molecule has 1 aliphatic rings. The lowest BCUT2D eigenvalue weighted by Crippen LogP contribution is -2.35. The number of carbonyl (C=O) groups is 1. The van der Waals surface area contributed by atoms with Crippen LogP contribution < -0.4 is 20.7 Å². The van der Waals surface area contributed by atoms with Crippen molar-refractivity contribution in [2.24, 2.45) is 5.92 Å². The van der Waals surface area contributed by atoms with Crippen molar-refractivity contribution in [1.29, 1.82) is 0 Å². The molecule has 144 valence electrons. The van der Waals surface area contributed by atoms with Gasteiger partial charge < -0.3 is 15.1 Å². The summed E-state index contributed by atoms with van der Waals surface area (Å²) in [4.78, 5) is 28.2. The number of nitrogens with zero attached hydrogens (tertiary/aromatic N) is 3. The van der Waals surface area contributed by atoms with Crippen molar-refractivity contribution in [1.82, 2.24) is 15.5 Å². The zero-order valence-corrected chi connectivity index (χ0v) is 15.7. The van der Waals surface area contributed by atoms with Crippen molar-refractivity contribution in [3.8, 4) is 0 Å². The Balaban J connectivity index is 1.41. The summed E-state index contributed by atoms with van der Waals surface area (Å²) in [5.41, 5.74) is 1.76. The lowest BCUT2D eigenvalue weighted by Gasteiger charge is -2.23. The monoisotopic (exact) mass is 369 g/mol. The maximum absolute atomic E-state index is 12.4. The first-order chi connectivity index (χ1) is 13.2. The standard InChI is InChI=1S/C20H27N5O2/c1-2-24(17-7-4-3-5-8-17)11-6-10-21-20(27)16-9-12-25(15-16)18-13-19(26)23-22-14-18/h3-5,7-8,13-14,16H,2,6,9-12,15H2,1H3,(H,21,27)(H,23,26). The van der Waals surface area contributed by atoms with Crippen LogP contribution in [0.3, 0.4) is 0 Å². The third kappa shape index (κ3) is 5.09. The number of aromatic nitrogens is 2. The molecule has 1 unspecified atom stereocenters. The van der Waals surface area contributed by atoms with E-state index >= 15 is 0 Å². The van der Waals surface area contributed by atoms with E-state index in [1.54, 1.807) is 6.20 Å². The molecule has 3 rings (SSSR count). The summed E-state index contributed by atoms with van der Waals surface area (Å²) in [6.45, 7) is 6.06. The molecule has 2 N–H and O–H groups in total. The first kappa shape index (κ1) is 18.9. The highest BCUT2D eigenvalue weighted by Gasteiger charge is 2.28. The molecule has 1 fully saturated rings. The molecule has 1 amide bonds. The van der Waals surface area contributed by atoms with Crippen LogP contribution in [0, 0.1) is 5.92 Å².